The molecule has 0 amide bonds. The first-order valence-electron chi connectivity index (χ1n) is 7.63. The van der Waals surface area contributed by atoms with E-state index in [2.05, 4.69) is 18.7 Å². The average molecular weight is 262 g/mol. The molecule has 2 heteroatoms. The Morgan fingerprint density at radius 3 is 1.53 bits per heavy atom. The second-order valence-electron chi connectivity index (χ2n) is 5.01. The summed E-state index contributed by atoms with van der Waals surface area (Å²) >= 11 is 5.79. The normalized spacial score (nSPS) is 11.3. The molecule has 0 saturated heterocycles. The Balaban J connectivity index is 3.56. The van der Waals surface area contributed by atoms with Crippen molar-refractivity contribution in [3.63, 3.8) is 0 Å². The number of alkyl halides is 1. The van der Waals surface area contributed by atoms with Crippen LogP contribution in [0.5, 0.6) is 0 Å². The molecule has 0 unspecified atom stereocenters. The van der Waals surface area contributed by atoms with Crippen molar-refractivity contribution in [1.29, 1.82) is 0 Å². The van der Waals surface area contributed by atoms with E-state index < -0.39 is 0 Å². The Bertz CT molecular complexity index is 127. The molecule has 0 atom stereocenters. The third kappa shape index (κ3) is 12.5. The summed E-state index contributed by atoms with van der Waals surface area (Å²) in [4.78, 5) is 2.62. The number of unbranched alkanes of at least 4 members (excludes halogenated alkanes) is 6. The molecule has 0 aromatic carbocycles. The summed E-state index contributed by atoms with van der Waals surface area (Å²) in [7, 11) is 0. The van der Waals surface area contributed by atoms with Gasteiger partial charge in [0.05, 0.1) is 0 Å². The molecule has 0 aliphatic heterocycles. The predicted molar refractivity (Wildman–Crippen MR) is 80.1 cm³/mol. The first-order chi connectivity index (χ1) is 8.35. The van der Waals surface area contributed by atoms with Gasteiger partial charge in [0.1, 0.15) is 0 Å². The van der Waals surface area contributed by atoms with Crippen LogP contribution in [0.3, 0.4) is 0 Å². The summed E-state index contributed by atoms with van der Waals surface area (Å²) in [5, 5.41) is 0. The molecule has 0 N–H and O–H groups in total. The van der Waals surface area contributed by atoms with Gasteiger partial charge in [-0.05, 0) is 38.9 Å². The number of hydrogen-bond acceptors (Lipinski definition) is 1. The lowest BCUT2D eigenvalue weighted by Crippen LogP contribution is -2.27. The van der Waals surface area contributed by atoms with Crippen molar-refractivity contribution >= 4 is 11.6 Å². The summed E-state index contributed by atoms with van der Waals surface area (Å²) in [6, 6.07) is 0. The largest absolute Gasteiger partial charge is 0.303 e. The van der Waals surface area contributed by atoms with Crippen molar-refractivity contribution in [3.05, 3.63) is 0 Å². The highest BCUT2D eigenvalue weighted by Gasteiger charge is 2.03. The van der Waals surface area contributed by atoms with Gasteiger partial charge in [-0.1, -0.05) is 52.4 Å². The molecule has 0 bridgehead atoms. The van der Waals surface area contributed by atoms with Crippen LogP contribution in [0, 0.1) is 0 Å². The fraction of sp³-hybridized carbons (Fsp3) is 1.00. The molecular weight excluding hydrogens is 230 g/mol. The standard InChI is InChI=1S/C15H32ClN/c1-3-5-7-9-13-17(15-11-12-16)14-10-8-6-4-2/h3-15H2,1-2H3. The van der Waals surface area contributed by atoms with Gasteiger partial charge in [-0.3, -0.25) is 0 Å². The van der Waals surface area contributed by atoms with Gasteiger partial charge in [-0.2, -0.15) is 0 Å². The van der Waals surface area contributed by atoms with Crippen LogP contribution in [0.25, 0.3) is 0 Å². The van der Waals surface area contributed by atoms with Gasteiger partial charge in [0.15, 0.2) is 0 Å². The molecule has 0 radical (unpaired) electrons. The van der Waals surface area contributed by atoms with Crippen molar-refractivity contribution in [2.75, 3.05) is 25.5 Å². The summed E-state index contributed by atoms with van der Waals surface area (Å²) < 4.78 is 0. The van der Waals surface area contributed by atoms with Gasteiger partial charge in [-0.25, -0.2) is 0 Å². The minimum Gasteiger partial charge on any atom is -0.303 e. The monoisotopic (exact) mass is 261 g/mol. The van der Waals surface area contributed by atoms with Gasteiger partial charge in [-0.15, -0.1) is 11.6 Å². The second-order valence-corrected chi connectivity index (χ2v) is 5.38. The zero-order valence-corrected chi connectivity index (χ0v) is 12.8. The third-order valence-corrected chi connectivity index (χ3v) is 3.53. The Hall–Kier alpha value is 0.250. The molecule has 0 aromatic rings. The van der Waals surface area contributed by atoms with Crippen molar-refractivity contribution in [3.8, 4) is 0 Å². The highest BCUT2D eigenvalue weighted by atomic mass is 35.5. The second kappa shape index (κ2) is 14.3. The van der Waals surface area contributed by atoms with Crippen LogP contribution in [-0.4, -0.2) is 30.4 Å². The van der Waals surface area contributed by atoms with Crippen molar-refractivity contribution in [2.24, 2.45) is 0 Å². The Kier molecular flexibility index (Phi) is 14.5. The molecule has 0 aliphatic rings. The maximum atomic E-state index is 5.79. The summed E-state index contributed by atoms with van der Waals surface area (Å²) in [6.45, 7) is 8.31. The van der Waals surface area contributed by atoms with E-state index in [1.807, 2.05) is 0 Å². The molecule has 0 aliphatic carbocycles. The van der Waals surface area contributed by atoms with E-state index in [1.165, 1.54) is 71.0 Å². The lowest BCUT2D eigenvalue weighted by molar-refractivity contribution is 0.262. The molecule has 0 spiro atoms. The summed E-state index contributed by atoms with van der Waals surface area (Å²) in [5.41, 5.74) is 0. The maximum Gasteiger partial charge on any atom is 0.0235 e. The zero-order chi connectivity index (χ0) is 12.8. The maximum absolute atomic E-state index is 5.79. The average Bonchev–Trinajstić information content (AvgIpc) is 2.35. The van der Waals surface area contributed by atoms with Crippen molar-refractivity contribution in [2.45, 2.75) is 71.6 Å². The lowest BCUT2D eigenvalue weighted by Gasteiger charge is -2.21. The minimum atomic E-state index is 0.806. The highest BCUT2D eigenvalue weighted by Crippen LogP contribution is 2.06. The van der Waals surface area contributed by atoms with E-state index in [0.717, 1.165) is 12.3 Å². The van der Waals surface area contributed by atoms with Crippen LogP contribution in [0.4, 0.5) is 0 Å². The van der Waals surface area contributed by atoms with E-state index >= 15 is 0 Å². The molecular formula is C15H32ClN. The van der Waals surface area contributed by atoms with Crippen molar-refractivity contribution in [1.82, 2.24) is 4.90 Å². The Labute approximate surface area is 114 Å². The van der Waals surface area contributed by atoms with Crippen molar-refractivity contribution < 1.29 is 0 Å². The van der Waals surface area contributed by atoms with Crippen LogP contribution in [0.15, 0.2) is 0 Å². The fourth-order valence-electron chi connectivity index (χ4n) is 2.14. The smallest absolute Gasteiger partial charge is 0.0235 e. The summed E-state index contributed by atoms with van der Waals surface area (Å²) in [5.74, 6) is 0.806. The third-order valence-electron chi connectivity index (χ3n) is 3.26. The zero-order valence-electron chi connectivity index (χ0n) is 12.0. The molecule has 0 aromatic heterocycles. The molecule has 0 rings (SSSR count). The van der Waals surface area contributed by atoms with Crippen LogP contribution in [0.1, 0.15) is 71.6 Å². The topological polar surface area (TPSA) is 3.24 Å². The first-order valence-corrected chi connectivity index (χ1v) is 8.16. The van der Waals surface area contributed by atoms with Gasteiger partial charge in [0, 0.05) is 5.88 Å². The van der Waals surface area contributed by atoms with Gasteiger partial charge in [0.2, 0.25) is 0 Å². The molecule has 1 nitrogen and oxygen atoms in total. The number of rotatable bonds is 13. The number of nitrogens with zero attached hydrogens (tertiary/aromatic N) is 1. The highest BCUT2D eigenvalue weighted by molar-refractivity contribution is 6.17. The lowest BCUT2D eigenvalue weighted by atomic mass is 10.1. The SMILES string of the molecule is CCCCCCN(CCCCl)CCCCCC. The molecule has 17 heavy (non-hydrogen) atoms. The van der Waals surface area contributed by atoms with Crippen LogP contribution in [0.2, 0.25) is 0 Å². The Morgan fingerprint density at radius 2 is 1.12 bits per heavy atom. The number of halogens is 1. The van der Waals surface area contributed by atoms with E-state index in [4.69, 9.17) is 11.6 Å². The molecule has 0 saturated carbocycles. The molecule has 0 heterocycles. The number of hydrogen-bond donors (Lipinski definition) is 0. The first kappa shape index (κ1) is 17.2. The molecule has 0 fully saturated rings. The predicted octanol–water partition coefficient (Wildman–Crippen LogP) is 5.08. The molecule has 104 valence electrons. The van der Waals surface area contributed by atoms with Gasteiger partial charge < -0.3 is 4.90 Å². The fourth-order valence-corrected chi connectivity index (χ4v) is 2.26. The Morgan fingerprint density at radius 1 is 0.647 bits per heavy atom. The van der Waals surface area contributed by atoms with Crippen LogP contribution >= 0.6 is 11.6 Å². The quantitative estimate of drug-likeness (QED) is 0.330. The van der Waals surface area contributed by atoms with E-state index in [0.29, 0.717) is 0 Å². The minimum absolute atomic E-state index is 0.806. The van der Waals surface area contributed by atoms with E-state index in [9.17, 15) is 0 Å². The summed E-state index contributed by atoms with van der Waals surface area (Å²) in [6.07, 6.45) is 12.1. The van der Waals surface area contributed by atoms with Crippen LogP contribution < -0.4 is 0 Å². The van der Waals surface area contributed by atoms with E-state index in [-0.39, 0.29) is 0 Å². The van der Waals surface area contributed by atoms with E-state index in [1.54, 1.807) is 0 Å². The van der Waals surface area contributed by atoms with Crippen LogP contribution in [-0.2, 0) is 0 Å². The van der Waals surface area contributed by atoms with Gasteiger partial charge >= 0.3 is 0 Å². The van der Waals surface area contributed by atoms with Gasteiger partial charge in [0.25, 0.3) is 0 Å².